The van der Waals surface area contributed by atoms with Crippen molar-refractivity contribution in [1.82, 2.24) is 4.90 Å². The van der Waals surface area contributed by atoms with Crippen LogP contribution >= 0.6 is 0 Å². The normalized spacial score (nSPS) is 22.6. The maximum atomic E-state index is 12.2. The van der Waals surface area contributed by atoms with Crippen molar-refractivity contribution in [1.29, 1.82) is 0 Å². The molecule has 19 heavy (non-hydrogen) atoms. The van der Waals surface area contributed by atoms with Crippen LogP contribution in [0.5, 0.6) is 5.75 Å². The molecule has 0 saturated carbocycles. The maximum Gasteiger partial charge on any atom is 0.254 e. The number of carbonyl (C=O) groups excluding carboxylic acids is 1. The van der Waals surface area contributed by atoms with Crippen LogP contribution in [-0.2, 0) is 0 Å². The van der Waals surface area contributed by atoms with Gasteiger partial charge in [0, 0.05) is 30.4 Å². The number of hydrogen-bond acceptors (Lipinski definition) is 5. The molecule has 104 valence electrons. The van der Waals surface area contributed by atoms with Gasteiger partial charge >= 0.3 is 0 Å². The zero-order valence-corrected chi connectivity index (χ0v) is 10.7. The third kappa shape index (κ3) is 2.97. The topological polar surface area (TPSA) is 96.0 Å². The predicted molar refractivity (Wildman–Crippen MR) is 69.9 cm³/mol. The average molecular weight is 266 g/mol. The number of rotatable bonds is 3. The molecule has 1 saturated heterocycles. The molecule has 6 heteroatoms. The van der Waals surface area contributed by atoms with Gasteiger partial charge in [0.2, 0.25) is 0 Å². The van der Waals surface area contributed by atoms with E-state index in [1.54, 1.807) is 18.2 Å². The van der Waals surface area contributed by atoms with E-state index in [1.807, 2.05) is 6.92 Å². The third-order valence-electron chi connectivity index (χ3n) is 3.03. The lowest BCUT2D eigenvalue weighted by molar-refractivity contribution is 0.0572. The summed E-state index contributed by atoms with van der Waals surface area (Å²) < 4.78 is 5.33. The number of β-amino-alcohol motifs (C(OH)–C–C–N with tert-alkyl or cyclic N) is 2. The van der Waals surface area contributed by atoms with Crippen molar-refractivity contribution in [2.24, 2.45) is 0 Å². The molecule has 1 amide bonds. The van der Waals surface area contributed by atoms with Gasteiger partial charge in [0.25, 0.3) is 5.91 Å². The fraction of sp³-hybridized carbons (Fsp3) is 0.462. The summed E-state index contributed by atoms with van der Waals surface area (Å²) >= 11 is 0. The predicted octanol–water partition coefficient (Wildman–Crippen LogP) is -0.155. The van der Waals surface area contributed by atoms with Gasteiger partial charge in [-0.2, -0.15) is 0 Å². The lowest BCUT2D eigenvalue weighted by Crippen LogP contribution is -2.29. The number of benzene rings is 1. The van der Waals surface area contributed by atoms with E-state index in [0.29, 0.717) is 23.6 Å². The third-order valence-corrected chi connectivity index (χ3v) is 3.03. The van der Waals surface area contributed by atoms with E-state index in [9.17, 15) is 15.0 Å². The van der Waals surface area contributed by atoms with Gasteiger partial charge in [-0.25, -0.2) is 0 Å². The van der Waals surface area contributed by atoms with Gasteiger partial charge in [-0.1, -0.05) is 0 Å². The van der Waals surface area contributed by atoms with Crippen molar-refractivity contribution in [2.45, 2.75) is 19.1 Å². The molecule has 1 heterocycles. The lowest BCUT2D eigenvalue weighted by Gasteiger charge is -2.16. The number of anilines is 1. The molecule has 0 unspecified atom stereocenters. The Hall–Kier alpha value is -1.79. The fourth-order valence-corrected chi connectivity index (χ4v) is 2.11. The molecule has 0 radical (unpaired) electrons. The van der Waals surface area contributed by atoms with Crippen LogP contribution in [0.25, 0.3) is 0 Å². The number of aliphatic hydroxyl groups is 2. The Kier molecular flexibility index (Phi) is 3.92. The Bertz CT molecular complexity index is 468. The second-order valence-corrected chi connectivity index (χ2v) is 4.57. The molecule has 1 aromatic rings. The summed E-state index contributed by atoms with van der Waals surface area (Å²) in [7, 11) is 0. The zero-order valence-electron chi connectivity index (χ0n) is 10.7. The highest BCUT2D eigenvalue weighted by Gasteiger charge is 2.33. The Morgan fingerprint density at radius 3 is 2.58 bits per heavy atom. The molecule has 0 aromatic heterocycles. The van der Waals surface area contributed by atoms with Crippen molar-refractivity contribution in [2.75, 3.05) is 25.4 Å². The van der Waals surface area contributed by atoms with E-state index in [1.165, 1.54) is 4.90 Å². The van der Waals surface area contributed by atoms with Crippen LogP contribution in [0.15, 0.2) is 18.2 Å². The summed E-state index contributed by atoms with van der Waals surface area (Å²) in [5, 5.41) is 18.9. The van der Waals surface area contributed by atoms with E-state index in [2.05, 4.69) is 0 Å². The van der Waals surface area contributed by atoms with Crippen molar-refractivity contribution in [3.63, 3.8) is 0 Å². The van der Waals surface area contributed by atoms with Crippen LogP contribution in [0.2, 0.25) is 0 Å². The molecule has 6 nitrogen and oxygen atoms in total. The molecular weight excluding hydrogens is 248 g/mol. The average Bonchev–Trinajstić information content (AvgIpc) is 2.68. The minimum absolute atomic E-state index is 0.124. The summed E-state index contributed by atoms with van der Waals surface area (Å²) in [6, 6.07) is 4.81. The van der Waals surface area contributed by atoms with E-state index in [4.69, 9.17) is 10.5 Å². The molecule has 0 bridgehead atoms. The largest absolute Gasteiger partial charge is 0.494 e. The molecular formula is C13H18N2O4. The highest BCUT2D eigenvalue weighted by atomic mass is 16.5. The number of carbonyl (C=O) groups is 1. The number of nitrogen functional groups attached to an aromatic ring is 1. The first kappa shape index (κ1) is 13.6. The van der Waals surface area contributed by atoms with Gasteiger partial charge in [0.1, 0.15) is 5.75 Å². The molecule has 0 spiro atoms. The monoisotopic (exact) mass is 266 g/mol. The molecule has 0 aliphatic carbocycles. The first-order chi connectivity index (χ1) is 9.01. The Labute approximate surface area is 111 Å². The second kappa shape index (κ2) is 5.46. The van der Waals surface area contributed by atoms with Crippen LogP contribution in [0.3, 0.4) is 0 Å². The smallest absolute Gasteiger partial charge is 0.254 e. The summed E-state index contributed by atoms with van der Waals surface area (Å²) in [5.74, 6) is 0.259. The van der Waals surface area contributed by atoms with E-state index >= 15 is 0 Å². The molecule has 2 atom stereocenters. The highest BCUT2D eigenvalue weighted by molar-refractivity contribution is 5.95. The van der Waals surface area contributed by atoms with Gasteiger partial charge in [-0.15, -0.1) is 0 Å². The Morgan fingerprint density at radius 2 is 2.00 bits per heavy atom. The van der Waals surface area contributed by atoms with Crippen LogP contribution in [0.4, 0.5) is 5.69 Å². The lowest BCUT2D eigenvalue weighted by atomic mass is 10.1. The van der Waals surface area contributed by atoms with Crippen LogP contribution in [0.1, 0.15) is 17.3 Å². The van der Waals surface area contributed by atoms with Crippen molar-refractivity contribution >= 4 is 11.6 Å². The second-order valence-electron chi connectivity index (χ2n) is 4.57. The summed E-state index contributed by atoms with van der Waals surface area (Å²) in [6.45, 7) is 2.58. The van der Waals surface area contributed by atoms with Crippen molar-refractivity contribution in [3.8, 4) is 5.75 Å². The number of nitrogens with two attached hydrogens (primary N) is 1. The van der Waals surface area contributed by atoms with Crippen LogP contribution in [0, 0.1) is 0 Å². The van der Waals surface area contributed by atoms with E-state index in [-0.39, 0.29) is 19.0 Å². The minimum Gasteiger partial charge on any atom is -0.494 e. The van der Waals surface area contributed by atoms with Gasteiger partial charge in [0.05, 0.1) is 18.8 Å². The van der Waals surface area contributed by atoms with Gasteiger partial charge < -0.3 is 25.6 Å². The number of ether oxygens (including phenoxy) is 1. The van der Waals surface area contributed by atoms with Crippen LogP contribution < -0.4 is 10.5 Å². The van der Waals surface area contributed by atoms with Crippen molar-refractivity contribution < 1.29 is 19.7 Å². The van der Waals surface area contributed by atoms with Gasteiger partial charge in [-0.05, 0) is 19.1 Å². The first-order valence-electron chi connectivity index (χ1n) is 6.20. The quantitative estimate of drug-likeness (QED) is 0.661. The maximum absolute atomic E-state index is 12.2. The summed E-state index contributed by atoms with van der Waals surface area (Å²) in [4.78, 5) is 13.6. The zero-order chi connectivity index (χ0) is 14.0. The molecule has 1 aliphatic heterocycles. The summed E-state index contributed by atoms with van der Waals surface area (Å²) in [5.41, 5.74) is 6.56. The summed E-state index contributed by atoms with van der Waals surface area (Å²) in [6.07, 6.45) is -1.78. The fourth-order valence-electron chi connectivity index (χ4n) is 2.11. The minimum atomic E-state index is -0.892. The molecule has 4 N–H and O–H groups in total. The number of likely N-dealkylation sites (tertiary alicyclic amines) is 1. The van der Waals surface area contributed by atoms with Gasteiger partial charge in [-0.3, -0.25) is 4.79 Å². The molecule has 1 fully saturated rings. The highest BCUT2D eigenvalue weighted by Crippen LogP contribution is 2.22. The first-order valence-corrected chi connectivity index (χ1v) is 6.20. The Balaban J connectivity index is 2.19. The van der Waals surface area contributed by atoms with E-state index < -0.39 is 12.2 Å². The number of hydrogen-bond donors (Lipinski definition) is 3. The number of nitrogens with zero attached hydrogens (tertiary/aromatic N) is 1. The van der Waals surface area contributed by atoms with Crippen LogP contribution in [-0.4, -0.2) is 52.9 Å². The molecule has 2 rings (SSSR count). The SMILES string of the molecule is CCOc1cc(N)cc(C(=O)N2C[C@@H](O)[C@@H](O)C2)c1. The number of aliphatic hydroxyl groups excluding tert-OH is 2. The Morgan fingerprint density at radius 1 is 1.37 bits per heavy atom. The molecule has 1 aromatic carbocycles. The van der Waals surface area contributed by atoms with E-state index in [0.717, 1.165) is 0 Å². The molecule has 1 aliphatic rings. The van der Waals surface area contributed by atoms with Gasteiger partial charge in [0.15, 0.2) is 0 Å². The number of amides is 1. The van der Waals surface area contributed by atoms with Crippen molar-refractivity contribution in [3.05, 3.63) is 23.8 Å². The standard InChI is InChI=1S/C13H18N2O4/c1-2-19-10-4-8(3-9(14)5-10)13(18)15-6-11(16)12(17)7-15/h3-5,11-12,16-17H,2,6-7,14H2,1H3/t11-,12+.